The minimum absolute atomic E-state index is 0.00725. The third kappa shape index (κ3) is 3.79. The molecule has 0 N–H and O–H groups in total. The Kier molecular flexibility index (Phi) is 4.92. The molecule has 5 heterocycles. The highest BCUT2D eigenvalue weighted by Crippen LogP contribution is 2.33. The predicted molar refractivity (Wildman–Crippen MR) is 111 cm³/mol. The Labute approximate surface area is 187 Å². The zero-order valence-corrected chi connectivity index (χ0v) is 17.4. The van der Waals surface area contributed by atoms with Crippen LogP contribution in [-0.2, 0) is 24.4 Å². The van der Waals surface area contributed by atoms with E-state index in [1.54, 1.807) is 16.8 Å². The average molecular weight is 451 g/mol. The van der Waals surface area contributed by atoms with E-state index in [1.807, 2.05) is 6.20 Å². The molecule has 2 aliphatic rings. The molecule has 0 saturated carbocycles. The lowest BCUT2D eigenvalue weighted by Gasteiger charge is -2.34. The smallest absolute Gasteiger partial charge is 0.314 e. The summed E-state index contributed by atoms with van der Waals surface area (Å²) in [4.78, 5) is 6.81. The molecule has 0 bridgehead atoms. The van der Waals surface area contributed by atoms with Crippen molar-refractivity contribution in [2.45, 2.75) is 32.1 Å². The predicted octanol–water partition coefficient (Wildman–Crippen LogP) is 3.09. The summed E-state index contributed by atoms with van der Waals surface area (Å²) in [6.45, 7) is 3.83. The fourth-order valence-electron chi connectivity index (χ4n) is 4.13. The van der Waals surface area contributed by atoms with Crippen molar-refractivity contribution >= 4 is 0 Å². The van der Waals surface area contributed by atoms with E-state index in [1.165, 1.54) is 17.3 Å². The summed E-state index contributed by atoms with van der Waals surface area (Å²) in [5.41, 5.74) is 5.73. The number of ether oxygens (including phenoxy) is 1. The maximum Gasteiger partial charge on any atom is 0.314 e. The van der Waals surface area contributed by atoms with Gasteiger partial charge >= 0.3 is 6.43 Å². The van der Waals surface area contributed by atoms with Gasteiger partial charge in [-0.25, -0.2) is 4.68 Å². The van der Waals surface area contributed by atoms with E-state index in [2.05, 4.69) is 48.6 Å². The molecule has 0 atom stereocenters. The number of fused-ring (bicyclic) bond motifs is 1. The fourth-order valence-corrected chi connectivity index (χ4v) is 4.13. The maximum atomic E-state index is 12.6. The van der Waals surface area contributed by atoms with Crippen molar-refractivity contribution in [3.63, 3.8) is 0 Å². The lowest BCUT2D eigenvalue weighted by atomic mass is 10.0. The van der Waals surface area contributed by atoms with Gasteiger partial charge in [-0.3, -0.25) is 9.88 Å². The van der Waals surface area contributed by atoms with Gasteiger partial charge in [0.1, 0.15) is 5.69 Å². The van der Waals surface area contributed by atoms with Gasteiger partial charge in [0, 0.05) is 24.8 Å². The molecule has 0 amide bonds. The van der Waals surface area contributed by atoms with E-state index < -0.39 is 12.3 Å². The molecule has 0 radical (unpaired) electrons. The molecule has 33 heavy (non-hydrogen) atoms. The SMILES string of the molecule is FC(F)c1nnc(-c2ccc(Cn3cc(-c4cccc5c4CN(C4COC4)C5)nn3)nc2)o1. The topological polar surface area (TPSA) is 95.0 Å². The summed E-state index contributed by atoms with van der Waals surface area (Å²) in [6.07, 6.45) is 0.618. The molecule has 6 rings (SSSR count). The number of aromatic nitrogens is 6. The second-order valence-corrected chi connectivity index (χ2v) is 8.13. The molecule has 0 aliphatic carbocycles. The summed E-state index contributed by atoms with van der Waals surface area (Å²) in [5, 5.41) is 15.6. The zero-order chi connectivity index (χ0) is 22.4. The number of alkyl halides is 2. The molecule has 168 valence electrons. The van der Waals surface area contributed by atoms with Crippen molar-refractivity contribution in [2.75, 3.05) is 13.2 Å². The van der Waals surface area contributed by atoms with Gasteiger partial charge in [0.2, 0.25) is 5.89 Å². The van der Waals surface area contributed by atoms with Gasteiger partial charge in [0.15, 0.2) is 0 Å². The number of hydrogen-bond donors (Lipinski definition) is 0. The van der Waals surface area contributed by atoms with Crippen molar-refractivity contribution < 1.29 is 17.9 Å². The van der Waals surface area contributed by atoms with Crippen LogP contribution in [0.15, 0.2) is 47.1 Å². The molecular weight excluding hydrogens is 432 g/mol. The van der Waals surface area contributed by atoms with Crippen LogP contribution in [0.2, 0.25) is 0 Å². The van der Waals surface area contributed by atoms with E-state index in [4.69, 9.17) is 9.15 Å². The van der Waals surface area contributed by atoms with Crippen LogP contribution in [0.1, 0.15) is 29.1 Å². The molecule has 11 heteroatoms. The van der Waals surface area contributed by atoms with E-state index >= 15 is 0 Å². The Morgan fingerprint density at radius 1 is 1.06 bits per heavy atom. The summed E-state index contributed by atoms with van der Waals surface area (Å²) < 4.78 is 37.3. The Bertz CT molecular complexity index is 1280. The highest BCUT2D eigenvalue weighted by Gasteiger charge is 2.32. The number of benzene rings is 1. The lowest BCUT2D eigenvalue weighted by molar-refractivity contribution is -0.0669. The number of nitrogens with zero attached hydrogens (tertiary/aromatic N) is 7. The van der Waals surface area contributed by atoms with Crippen molar-refractivity contribution in [3.05, 3.63) is 65.4 Å². The quantitative estimate of drug-likeness (QED) is 0.441. The maximum absolute atomic E-state index is 12.6. The van der Waals surface area contributed by atoms with E-state index in [0.29, 0.717) is 18.2 Å². The van der Waals surface area contributed by atoms with E-state index in [9.17, 15) is 8.78 Å². The molecule has 0 unspecified atom stereocenters. The molecule has 0 spiro atoms. The van der Waals surface area contributed by atoms with Gasteiger partial charge < -0.3 is 9.15 Å². The summed E-state index contributed by atoms with van der Waals surface area (Å²) in [6, 6.07) is 10.3. The summed E-state index contributed by atoms with van der Waals surface area (Å²) in [5.74, 6) is -0.700. The summed E-state index contributed by atoms with van der Waals surface area (Å²) >= 11 is 0. The van der Waals surface area contributed by atoms with Gasteiger partial charge in [-0.05, 0) is 23.3 Å². The van der Waals surface area contributed by atoms with E-state index in [-0.39, 0.29) is 5.89 Å². The Morgan fingerprint density at radius 3 is 2.70 bits per heavy atom. The minimum atomic E-state index is -2.80. The van der Waals surface area contributed by atoms with Crippen LogP contribution in [0.4, 0.5) is 8.78 Å². The van der Waals surface area contributed by atoms with Gasteiger partial charge in [-0.15, -0.1) is 15.3 Å². The third-order valence-corrected chi connectivity index (χ3v) is 5.98. The average Bonchev–Trinajstić information content (AvgIpc) is 3.52. The summed E-state index contributed by atoms with van der Waals surface area (Å²) in [7, 11) is 0. The van der Waals surface area contributed by atoms with Crippen molar-refractivity contribution in [3.8, 4) is 22.7 Å². The first-order valence-electron chi connectivity index (χ1n) is 10.5. The second kappa shape index (κ2) is 8.09. The molecule has 1 fully saturated rings. The first-order valence-corrected chi connectivity index (χ1v) is 10.5. The molecular formula is C22H19F2N7O2. The standard InChI is InChI=1S/C22H19F2N7O2/c23-20(24)22-28-27-21(33-22)13-4-5-15(25-6-13)8-31-10-19(26-29-31)17-3-1-2-14-7-30(9-18(14)17)16-11-32-12-16/h1-6,10,16,20H,7-9,11-12H2. The van der Waals surface area contributed by atoms with Crippen molar-refractivity contribution in [2.24, 2.45) is 0 Å². The molecule has 4 aromatic rings. The van der Waals surface area contributed by atoms with Crippen LogP contribution in [0.25, 0.3) is 22.7 Å². The second-order valence-electron chi connectivity index (χ2n) is 8.13. The minimum Gasteiger partial charge on any atom is -0.415 e. The normalized spacial score (nSPS) is 16.3. The Balaban J connectivity index is 1.17. The highest BCUT2D eigenvalue weighted by molar-refractivity contribution is 5.65. The van der Waals surface area contributed by atoms with Crippen LogP contribution >= 0.6 is 0 Å². The number of hydrogen-bond acceptors (Lipinski definition) is 8. The van der Waals surface area contributed by atoms with Gasteiger partial charge in [0.05, 0.1) is 43.3 Å². The van der Waals surface area contributed by atoms with Crippen molar-refractivity contribution in [1.29, 1.82) is 0 Å². The lowest BCUT2D eigenvalue weighted by Crippen LogP contribution is -2.46. The molecule has 9 nitrogen and oxygen atoms in total. The fraction of sp³-hybridized carbons (Fsp3) is 0.318. The number of halogens is 2. The molecule has 1 saturated heterocycles. The number of rotatable bonds is 6. The first-order chi connectivity index (χ1) is 16.1. The first kappa shape index (κ1) is 20.1. The zero-order valence-electron chi connectivity index (χ0n) is 17.4. The Morgan fingerprint density at radius 2 is 1.97 bits per heavy atom. The molecule has 3 aromatic heterocycles. The highest BCUT2D eigenvalue weighted by atomic mass is 19.3. The van der Waals surface area contributed by atoms with Gasteiger partial charge in [-0.1, -0.05) is 23.4 Å². The van der Waals surface area contributed by atoms with Crippen LogP contribution in [-0.4, -0.2) is 54.3 Å². The molecule has 2 aliphatic heterocycles. The third-order valence-electron chi connectivity index (χ3n) is 5.98. The van der Waals surface area contributed by atoms with Crippen LogP contribution in [0.3, 0.4) is 0 Å². The Hall–Kier alpha value is -3.57. The largest absolute Gasteiger partial charge is 0.415 e. The van der Waals surface area contributed by atoms with Crippen LogP contribution in [0.5, 0.6) is 0 Å². The van der Waals surface area contributed by atoms with Crippen LogP contribution < -0.4 is 0 Å². The molecule has 1 aromatic carbocycles. The van der Waals surface area contributed by atoms with Gasteiger partial charge in [-0.2, -0.15) is 8.78 Å². The van der Waals surface area contributed by atoms with E-state index in [0.717, 1.165) is 43.3 Å². The number of pyridine rings is 1. The van der Waals surface area contributed by atoms with Gasteiger partial charge in [0.25, 0.3) is 5.89 Å². The monoisotopic (exact) mass is 451 g/mol. The van der Waals surface area contributed by atoms with Crippen molar-refractivity contribution in [1.82, 2.24) is 35.1 Å². The van der Waals surface area contributed by atoms with Crippen LogP contribution in [0, 0.1) is 0 Å².